The van der Waals surface area contributed by atoms with Crippen LogP contribution in [-0.4, -0.2) is 39.0 Å². The van der Waals surface area contributed by atoms with Crippen LogP contribution in [0.3, 0.4) is 0 Å². The third-order valence-corrected chi connectivity index (χ3v) is 2.98. The number of unbranched alkanes of at least 4 members (excludes halogenated alkanes) is 2. The zero-order chi connectivity index (χ0) is 12.9. The molecule has 0 fully saturated rings. The number of nitrogens with one attached hydrogen (secondary N) is 1. The van der Waals surface area contributed by atoms with Crippen LogP contribution in [0.25, 0.3) is 0 Å². The van der Waals surface area contributed by atoms with Crippen LogP contribution in [0.5, 0.6) is 0 Å². The van der Waals surface area contributed by atoms with E-state index in [1.807, 2.05) is 0 Å². The van der Waals surface area contributed by atoms with E-state index in [1.165, 1.54) is 19.3 Å². The summed E-state index contributed by atoms with van der Waals surface area (Å²) in [6, 6.07) is 0.559. The van der Waals surface area contributed by atoms with Gasteiger partial charge in [-0.05, 0) is 19.3 Å². The Morgan fingerprint density at radius 3 is 2.12 bits per heavy atom. The van der Waals surface area contributed by atoms with Crippen molar-refractivity contribution in [2.45, 2.75) is 53.0 Å². The average molecular weight is 245 g/mol. The quantitative estimate of drug-likeness (QED) is 0.536. The first-order valence-corrected chi connectivity index (χ1v) is 7.07. The summed E-state index contributed by atoms with van der Waals surface area (Å²) in [7, 11) is 0. The standard InChI is InChI=1S/C14H31NO2/c1-5-6-7-9-16-11-12-17-10-8-15-14(4)13(2)3/h13-15H,5-12H2,1-4H3. The highest BCUT2D eigenvalue weighted by molar-refractivity contribution is 4.63. The summed E-state index contributed by atoms with van der Waals surface area (Å²) in [5.74, 6) is 0.678. The molecule has 0 radical (unpaired) electrons. The van der Waals surface area contributed by atoms with E-state index in [9.17, 15) is 0 Å². The maximum Gasteiger partial charge on any atom is 0.0701 e. The SMILES string of the molecule is CCCCCOCCOCCNC(C)C(C)C. The minimum atomic E-state index is 0.559. The molecule has 17 heavy (non-hydrogen) atoms. The molecule has 0 saturated heterocycles. The monoisotopic (exact) mass is 245 g/mol. The Morgan fingerprint density at radius 1 is 0.882 bits per heavy atom. The molecule has 1 N–H and O–H groups in total. The van der Waals surface area contributed by atoms with Crippen molar-refractivity contribution >= 4 is 0 Å². The Balaban J connectivity index is 3.03. The fourth-order valence-electron chi connectivity index (χ4n) is 1.37. The van der Waals surface area contributed by atoms with Crippen LogP contribution >= 0.6 is 0 Å². The summed E-state index contributed by atoms with van der Waals surface area (Å²) in [5.41, 5.74) is 0. The largest absolute Gasteiger partial charge is 0.379 e. The van der Waals surface area contributed by atoms with Gasteiger partial charge in [0.2, 0.25) is 0 Å². The van der Waals surface area contributed by atoms with Crippen molar-refractivity contribution in [3.05, 3.63) is 0 Å². The maximum absolute atomic E-state index is 5.48. The topological polar surface area (TPSA) is 30.5 Å². The Bertz CT molecular complexity index is 151. The summed E-state index contributed by atoms with van der Waals surface area (Å²) in [5, 5.41) is 3.44. The van der Waals surface area contributed by atoms with Crippen molar-refractivity contribution in [1.82, 2.24) is 5.32 Å². The summed E-state index contributed by atoms with van der Waals surface area (Å²) >= 11 is 0. The number of rotatable bonds is 12. The van der Waals surface area contributed by atoms with Gasteiger partial charge in [0.1, 0.15) is 0 Å². The van der Waals surface area contributed by atoms with E-state index in [2.05, 4.69) is 33.0 Å². The molecule has 0 spiro atoms. The smallest absolute Gasteiger partial charge is 0.0701 e. The molecule has 0 aliphatic heterocycles. The fourth-order valence-corrected chi connectivity index (χ4v) is 1.37. The third-order valence-electron chi connectivity index (χ3n) is 2.98. The lowest BCUT2D eigenvalue weighted by molar-refractivity contribution is 0.0466. The first-order valence-electron chi connectivity index (χ1n) is 7.07. The van der Waals surface area contributed by atoms with E-state index in [-0.39, 0.29) is 0 Å². The van der Waals surface area contributed by atoms with Crippen molar-refractivity contribution in [1.29, 1.82) is 0 Å². The molecule has 0 bridgehead atoms. The lowest BCUT2D eigenvalue weighted by Gasteiger charge is -2.17. The van der Waals surface area contributed by atoms with Crippen molar-refractivity contribution in [2.24, 2.45) is 5.92 Å². The molecule has 0 aromatic rings. The molecule has 0 aliphatic carbocycles. The predicted molar refractivity (Wildman–Crippen MR) is 73.5 cm³/mol. The molecule has 104 valence electrons. The molecule has 1 atom stereocenters. The maximum atomic E-state index is 5.48. The van der Waals surface area contributed by atoms with Gasteiger partial charge >= 0.3 is 0 Å². The second kappa shape index (κ2) is 12.3. The van der Waals surface area contributed by atoms with Gasteiger partial charge in [-0.15, -0.1) is 0 Å². The van der Waals surface area contributed by atoms with Crippen LogP contribution in [0.4, 0.5) is 0 Å². The Labute approximate surface area is 107 Å². The van der Waals surface area contributed by atoms with Gasteiger partial charge in [-0.25, -0.2) is 0 Å². The van der Waals surface area contributed by atoms with E-state index >= 15 is 0 Å². The highest BCUT2D eigenvalue weighted by Crippen LogP contribution is 1.98. The lowest BCUT2D eigenvalue weighted by atomic mass is 10.1. The predicted octanol–water partition coefficient (Wildman–Crippen LogP) is 2.84. The second-order valence-corrected chi connectivity index (χ2v) is 4.92. The summed E-state index contributed by atoms with van der Waals surface area (Å²) in [6.07, 6.45) is 3.68. The van der Waals surface area contributed by atoms with Gasteiger partial charge in [0, 0.05) is 19.2 Å². The Hall–Kier alpha value is -0.120. The van der Waals surface area contributed by atoms with Gasteiger partial charge in [0.05, 0.1) is 19.8 Å². The minimum Gasteiger partial charge on any atom is -0.379 e. The first-order chi connectivity index (χ1) is 8.18. The van der Waals surface area contributed by atoms with E-state index in [0.717, 1.165) is 26.4 Å². The molecule has 3 nitrogen and oxygen atoms in total. The van der Waals surface area contributed by atoms with E-state index in [4.69, 9.17) is 9.47 Å². The molecular formula is C14H31NO2. The van der Waals surface area contributed by atoms with Crippen molar-refractivity contribution in [3.63, 3.8) is 0 Å². The van der Waals surface area contributed by atoms with Crippen LogP contribution in [0.1, 0.15) is 47.0 Å². The van der Waals surface area contributed by atoms with Crippen LogP contribution in [-0.2, 0) is 9.47 Å². The van der Waals surface area contributed by atoms with Crippen LogP contribution in [0.15, 0.2) is 0 Å². The van der Waals surface area contributed by atoms with Crippen molar-refractivity contribution < 1.29 is 9.47 Å². The fraction of sp³-hybridized carbons (Fsp3) is 1.00. The number of hydrogen-bond acceptors (Lipinski definition) is 3. The van der Waals surface area contributed by atoms with Gasteiger partial charge in [-0.1, -0.05) is 33.6 Å². The van der Waals surface area contributed by atoms with Gasteiger partial charge in [-0.3, -0.25) is 0 Å². The molecule has 1 unspecified atom stereocenters. The van der Waals surface area contributed by atoms with E-state index in [1.54, 1.807) is 0 Å². The van der Waals surface area contributed by atoms with Gasteiger partial charge < -0.3 is 14.8 Å². The molecule has 0 amide bonds. The van der Waals surface area contributed by atoms with Crippen LogP contribution in [0, 0.1) is 5.92 Å². The second-order valence-electron chi connectivity index (χ2n) is 4.92. The lowest BCUT2D eigenvalue weighted by Crippen LogP contribution is -2.33. The van der Waals surface area contributed by atoms with Crippen LogP contribution in [0.2, 0.25) is 0 Å². The molecule has 0 rings (SSSR count). The summed E-state index contributed by atoms with van der Waals surface area (Å²) in [6.45, 7) is 12.9. The van der Waals surface area contributed by atoms with E-state index in [0.29, 0.717) is 18.6 Å². The Kier molecular flexibility index (Phi) is 12.3. The average Bonchev–Trinajstić information content (AvgIpc) is 2.31. The highest BCUT2D eigenvalue weighted by atomic mass is 16.5. The molecule has 3 heteroatoms. The zero-order valence-electron chi connectivity index (χ0n) is 12.1. The van der Waals surface area contributed by atoms with Crippen molar-refractivity contribution in [3.8, 4) is 0 Å². The van der Waals surface area contributed by atoms with Gasteiger partial charge in [0.25, 0.3) is 0 Å². The first kappa shape index (κ1) is 16.9. The Morgan fingerprint density at radius 2 is 1.53 bits per heavy atom. The summed E-state index contributed by atoms with van der Waals surface area (Å²) < 4.78 is 10.9. The normalized spacial score (nSPS) is 13.2. The van der Waals surface area contributed by atoms with Gasteiger partial charge in [-0.2, -0.15) is 0 Å². The molecule has 0 aromatic carbocycles. The van der Waals surface area contributed by atoms with E-state index < -0.39 is 0 Å². The minimum absolute atomic E-state index is 0.559. The molecular weight excluding hydrogens is 214 g/mol. The molecule has 0 heterocycles. The number of ether oxygens (including phenoxy) is 2. The molecule has 0 saturated carbocycles. The number of hydrogen-bond donors (Lipinski definition) is 1. The third kappa shape index (κ3) is 12.1. The highest BCUT2D eigenvalue weighted by Gasteiger charge is 2.04. The van der Waals surface area contributed by atoms with Crippen molar-refractivity contribution in [2.75, 3.05) is 33.0 Å². The molecule has 0 aliphatic rings. The summed E-state index contributed by atoms with van der Waals surface area (Å²) in [4.78, 5) is 0. The molecule has 0 aromatic heterocycles. The van der Waals surface area contributed by atoms with Crippen LogP contribution < -0.4 is 5.32 Å². The zero-order valence-corrected chi connectivity index (χ0v) is 12.1. The van der Waals surface area contributed by atoms with Gasteiger partial charge in [0.15, 0.2) is 0 Å².